The van der Waals surface area contributed by atoms with Gasteiger partial charge in [-0.3, -0.25) is 9.59 Å². The van der Waals surface area contributed by atoms with E-state index in [4.69, 9.17) is 0 Å². The summed E-state index contributed by atoms with van der Waals surface area (Å²) in [6.45, 7) is 1.60. The molecule has 0 aliphatic rings. The van der Waals surface area contributed by atoms with E-state index in [-0.39, 0.29) is 12.0 Å². The molecule has 1 aromatic rings. The van der Waals surface area contributed by atoms with Crippen molar-refractivity contribution in [2.75, 3.05) is 0 Å². The van der Waals surface area contributed by atoms with E-state index in [1.807, 2.05) is 0 Å². The number of ketones is 2. The van der Waals surface area contributed by atoms with Crippen molar-refractivity contribution in [2.45, 2.75) is 32.1 Å². The molecule has 0 bridgehead atoms. The molecule has 0 amide bonds. The van der Waals surface area contributed by atoms with Crippen LogP contribution >= 0.6 is 0 Å². The van der Waals surface area contributed by atoms with Gasteiger partial charge in [0.25, 0.3) is 11.6 Å². The summed E-state index contributed by atoms with van der Waals surface area (Å²) in [7, 11) is 0. The number of benzene rings is 1. The van der Waals surface area contributed by atoms with Crippen molar-refractivity contribution < 1.29 is 41.0 Å². The minimum atomic E-state index is -5.39. The molecule has 122 valence electrons. The highest BCUT2D eigenvalue weighted by Crippen LogP contribution is 2.34. The summed E-state index contributed by atoms with van der Waals surface area (Å²) >= 11 is 0. The number of rotatable bonds is 4. The molecule has 0 aliphatic carbocycles. The minimum absolute atomic E-state index is 0.0382. The van der Waals surface area contributed by atoms with Gasteiger partial charge in [-0.25, -0.2) is 0 Å². The average molecular weight is 328 g/mol. The highest BCUT2D eigenvalue weighted by Gasteiger charge is 2.44. The zero-order chi connectivity index (χ0) is 17.3. The molecular weight excluding hydrogens is 318 g/mol. The summed E-state index contributed by atoms with van der Waals surface area (Å²) in [5.41, 5.74) is -2.82. The van der Waals surface area contributed by atoms with E-state index in [1.165, 1.54) is 0 Å². The van der Waals surface area contributed by atoms with E-state index >= 15 is 0 Å². The third-order valence-corrected chi connectivity index (χ3v) is 2.71. The zero-order valence-corrected chi connectivity index (χ0v) is 11.1. The van der Waals surface area contributed by atoms with Gasteiger partial charge in [0, 0.05) is 0 Å². The van der Waals surface area contributed by atoms with Crippen LogP contribution in [-0.4, -0.2) is 29.0 Å². The number of carbonyl (C=O) groups excluding carboxylic acids is 2. The SMILES string of the molecule is CCCc1cc(C(=O)C(F)(F)F)c(O)c(C(=O)C(F)(F)F)c1. The van der Waals surface area contributed by atoms with Crippen LogP contribution in [0.1, 0.15) is 39.6 Å². The topological polar surface area (TPSA) is 54.4 Å². The highest BCUT2D eigenvalue weighted by molar-refractivity contribution is 6.09. The van der Waals surface area contributed by atoms with Gasteiger partial charge < -0.3 is 5.11 Å². The summed E-state index contributed by atoms with van der Waals surface area (Å²) in [6, 6.07) is 1.28. The largest absolute Gasteiger partial charge is 0.506 e. The number of phenolic OH excluding ortho intramolecular Hbond substituents is 1. The second-order valence-electron chi connectivity index (χ2n) is 4.44. The van der Waals surface area contributed by atoms with E-state index in [9.17, 15) is 41.0 Å². The molecule has 0 unspecified atom stereocenters. The van der Waals surface area contributed by atoms with Crippen molar-refractivity contribution in [3.63, 3.8) is 0 Å². The van der Waals surface area contributed by atoms with Crippen LogP contribution < -0.4 is 0 Å². The summed E-state index contributed by atoms with van der Waals surface area (Å²) < 4.78 is 74.6. The van der Waals surface area contributed by atoms with Crippen molar-refractivity contribution in [3.05, 3.63) is 28.8 Å². The lowest BCUT2D eigenvalue weighted by molar-refractivity contribution is -0.0890. The Morgan fingerprint density at radius 3 is 1.59 bits per heavy atom. The van der Waals surface area contributed by atoms with Gasteiger partial charge in [0.05, 0.1) is 11.1 Å². The number of alkyl halides is 6. The van der Waals surface area contributed by atoms with Crippen molar-refractivity contribution in [3.8, 4) is 5.75 Å². The van der Waals surface area contributed by atoms with Crippen molar-refractivity contribution in [1.82, 2.24) is 0 Å². The molecule has 0 atom stereocenters. The predicted octanol–water partition coefficient (Wildman–Crippen LogP) is 3.83. The molecular formula is C13H10F6O3. The number of hydrogen-bond donors (Lipinski definition) is 1. The summed E-state index contributed by atoms with van der Waals surface area (Å²) in [5.74, 6) is -6.65. The van der Waals surface area contributed by atoms with Gasteiger partial charge in [-0.05, 0) is 24.1 Å². The molecule has 0 fully saturated rings. The van der Waals surface area contributed by atoms with Crippen LogP contribution in [0.2, 0.25) is 0 Å². The Balaban J connectivity index is 3.56. The van der Waals surface area contributed by atoms with E-state index < -0.39 is 40.8 Å². The maximum Gasteiger partial charge on any atom is 0.455 e. The summed E-state index contributed by atoms with van der Waals surface area (Å²) in [6.07, 6.45) is -10.4. The van der Waals surface area contributed by atoms with Gasteiger partial charge in [0.2, 0.25) is 0 Å². The Morgan fingerprint density at radius 1 is 0.955 bits per heavy atom. The van der Waals surface area contributed by atoms with E-state index in [2.05, 4.69) is 0 Å². The van der Waals surface area contributed by atoms with Gasteiger partial charge in [-0.2, -0.15) is 26.3 Å². The first kappa shape index (κ1) is 18.0. The van der Waals surface area contributed by atoms with E-state index in [0.717, 1.165) is 0 Å². The van der Waals surface area contributed by atoms with E-state index in [0.29, 0.717) is 18.6 Å². The molecule has 1 rings (SSSR count). The van der Waals surface area contributed by atoms with Crippen LogP contribution in [0.25, 0.3) is 0 Å². The van der Waals surface area contributed by atoms with Gasteiger partial charge in [-0.15, -0.1) is 0 Å². The lowest BCUT2D eigenvalue weighted by Gasteiger charge is -2.14. The smallest absolute Gasteiger partial charge is 0.455 e. The molecule has 0 radical (unpaired) electrons. The Bertz CT molecular complexity index is 554. The number of hydrogen-bond acceptors (Lipinski definition) is 3. The van der Waals surface area contributed by atoms with Crippen LogP contribution in [0.5, 0.6) is 5.75 Å². The third kappa shape index (κ3) is 3.77. The maximum absolute atomic E-state index is 12.4. The van der Waals surface area contributed by atoms with Gasteiger partial charge in [0.15, 0.2) is 0 Å². The van der Waals surface area contributed by atoms with Gasteiger partial charge in [0.1, 0.15) is 5.75 Å². The molecule has 0 saturated heterocycles. The second-order valence-corrected chi connectivity index (χ2v) is 4.44. The molecule has 0 heterocycles. The monoisotopic (exact) mass is 328 g/mol. The first-order chi connectivity index (χ1) is 9.89. The average Bonchev–Trinajstić information content (AvgIpc) is 2.37. The molecule has 0 aliphatic heterocycles. The first-order valence-corrected chi connectivity index (χ1v) is 5.98. The normalized spacial score (nSPS) is 12.3. The Morgan fingerprint density at radius 2 is 1.32 bits per heavy atom. The number of aromatic hydroxyl groups is 1. The highest BCUT2D eigenvalue weighted by atomic mass is 19.4. The first-order valence-electron chi connectivity index (χ1n) is 5.98. The van der Waals surface area contributed by atoms with E-state index in [1.54, 1.807) is 6.92 Å². The van der Waals surface area contributed by atoms with Crippen molar-refractivity contribution in [2.24, 2.45) is 0 Å². The van der Waals surface area contributed by atoms with Crippen molar-refractivity contribution >= 4 is 11.6 Å². The zero-order valence-electron chi connectivity index (χ0n) is 11.1. The number of carbonyl (C=O) groups is 2. The Hall–Kier alpha value is -2.06. The second kappa shape index (κ2) is 5.98. The fraction of sp³-hybridized carbons (Fsp3) is 0.385. The lowest BCUT2D eigenvalue weighted by Crippen LogP contribution is -2.26. The molecule has 9 heteroatoms. The fourth-order valence-electron chi connectivity index (χ4n) is 1.78. The van der Waals surface area contributed by atoms with Crippen LogP contribution in [-0.2, 0) is 6.42 Å². The molecule has 0 aromatic heterocycles. The van der Waals surface area contributed by atoms with Crippen LogP contribution in [0.3, 0.4) is 0 Å². The Labute approximate surface area is 120 Å². The summed E-state index contributed by atoms with van der Waals surface area (Å²) in [4.78, 5) is 22.4. The van der Waals surface area contributed by atoms with Crippen LogP contribution in [0.4, 0.5) is 26.3 Å². The number of Topliss-reactive ketones (excluding diaryl/α,β-unsaturated/α-hetero) is 2. The molecule has 1 N–H and O–H groups in total. The summed E-state index contributed by atoms with van der Waals surface area (Å²) in [5, 5.41) is 9.51. The van der Waals surface area contributed by atoms with Crippen molar-refractivity contribution in [1.29, 1.82) is 0 Å². The fourth-order valence-corrected chi connectivity index (χ4v) is 1.78. The molecule has 22 heavy (non-hydrogen) atoms. The number of aryl methyl sites for hydroxylation is 1. The quantitative estimate of drug-likeness (QED) is 0.675. The molecule has 0 saturated carbocycles. The lowest BCUT2D eigenvalue weighted by atomic mass is 9.96. The number of halogens is 6. The standard InChI is InChI=1S/C13H10F6O3/c1-2-3-6-4-7(10(21)12(14,15)16)9(20)8(5-6)11(22)13(17,18)19/h4-5,20H,2-3H2,1H3. The molecule has 3 nitrogen and oxygen atoms in total. The van der Waals surface area contributed by atoms with Crippen LogP contribution in [0, 0.1) is 0 Å². The van der Waals surface area contributed by atoms with Crippen LogP contribution in [0.15, 0.2) is 12.1 Å². The minimum Gasteiger partial charge on any atom is -0.506 e. The molecule has 0 spiro atoms. The Kier molecular flexibility index (Phi) is 4.89. The van der Waals surface area contributed by atoms with Gasteiger partial charge in [-0.1, -0.05) is 13.3 Å². The molecule has 1 aromatic carbocycles. The maximum atomic E-state index is 12.4. The number of phenols is 1. The van der Waals surface area contributed by atoms with Gasteiger partial charge >= 0.3 is 12.4 Å². The predicted molar refractivity (Wildman–Crippen MR) is 62.9 cm³/mol. The third-order valence-electron chi connectivity index (χ3n) is 2.71.